The number of carbonyl (C=O) groups excluding carboxylic acids is 1. The van der Waals surface area contributed by atoms with Gasteiger partial charge in [-0.2, -0.15) is 0 Å². The van der Waals surface area contributed by atoms with Crippen LogP contribution < -0.4 is 0 Å². The number of hydrogen-bond donors (Lipinski definition) is 1. The molecule has 4 heteroatoms. The lowest BCUT2D eigenvalue weighted by molar-refractivity contribution is -0.140. The minimum Gasteiger partial charge on any atom is -0.507 e. The van der Waals surface area contributed by atoms with Gasteiger partial charge in [-0.1, -0.05) is 17.3 Å². The van der Waals surface area contributed by atoms with Crippen molar-refractivity contribution in [2.45, 2.75) is 13.8 Å². The summed E-state index contributed by atoms with van der Waals surface area (Å²) >= 11 is 0. The molecule has 1 aromatic carbocycles. The molecule has 1 rings (SSSR count). The van der Waals surface area contributed by atoms with Gasteiger partial charge in [0.2, 0.25) is 0 Å². The van der Waals surface area contributed by atoms with Crippen LogP contribution in [-0.4, -0.2) is 16.8 Å². The molecule has 0 unspecified atom stereocenters. The lowest BCUT2D eigenvalue weighted by Crippen LogP contribution is -1.99. The van der Waals surface area contributed by atoms with E-state index in [0.29, 0.717) is 11.3 Å². The number of aromatic hydroxyl groups is 1. The summed E-state index contributed by atoms with van der Waals surface area (Å²) in [5, 5.41) is 13.0. The van der Waals surface area contributed by atoms with Crippen molar-refractivity contribution in [3.8, 4) is 5.75 Å². The Labute approximate surface area is 81.8 Å². The van der Waals surface area contributed by atoms with Crippen molar-refractivity contribution >= 4 is 11.7 Å². The predicted octanol–water partition coefficient (Wildman–Crippen LogP) is 1.68. The van der Waals surface area contributed by atoms with Gasteiger partial charge in [0.15, 0.2) is 0 Å². The monoisotopic (exact) mass is 193 g/mol. The number of benzene rings is 1. The van der Waals surface area contributed by atoms with Crippen molar-refractivity contribution in [3.05, 3.63) is 29.8 Å². The molecule has 0 amide bonds. The summed E-state index contributed by atoms with van der Waals surface area (Å²) in [6.45, 7) is 2.92. The predicted molar refractivity (Wildman–Crippen MR) is 52.1 cm³/mol. The van der Waals surface area contributed by atoms with Gasteiger partial charge in [0, 0.05) is 12.5 Å². The van der Waals surface area contributed by atoms with Crippen LogP contribution in [0, 0.1) is 0 Å². The second-order valence-corrected chi connectivity index (χ2v) is 2.78. The van der Waals surface area contributed by atoms with Gasteiger partial charge in [-0.3, -0.25) is 0 Å². The number of para-hydroxylation sites is 1. The number of nitrogens with zero attached hydrogens (tertiary/aromatic N) is 1. The average molecular weight is 193 g/mol. The highest BCUT2D eigenvalue weighted by Gasteiger charge is 2.03. The Balaban J connectivity index is 2.89. The van der Waals surface area contributed by atoms with Crippen LogP contribution in [0.1, 0.15) is 19.4 Å². The van der Waals surface area contributed by atoms with E-state index < -0.39 is 5.97 Å². The first-order valence-corrected chi connectivity index (χ1v) is 4.12. The van der Waals surface area contributed by atoms with Crippen molar-refractivity contribution in [1.82, 2.24) is 0 Å². The Bertz CT molecular complexity index is 371. The maximum Gasteiger partial charge on any atom is 0.331 e. The van der Waals surface area contributed by atoms with Gasteiger partial charge in [-0.25, -0.2) is 4.79 Å². The molecule has 74 valence electrons. The number of carbonyl (C=O) groups is 1. The van der Waals surface area contributed by atoms with Gasteiger partial charge in [0.25, 0.3) is 0 Å². The molecule has 0 aromatic heterocycles. The molecule has 0 heterocycles. The minimum absolute atomic E-state index is 0.112. The highest BCUT2D eigenvalue weighted by molar-refractivity contribution is 6.00. The maximum atomic E-state index is 10.5. The molecule has 0 aliphatic heterocycles. The average Bonchev–Trinajstić information content (AvgIpc) is 2.15. The molecule has 0 atom stereocenters. The molecule has 0 spiro atoms. The van der Waals surface area contributed by atoms with Crippen LogP contribution in [0.25, 0.3) is 0 Å². The zero-order valence-corrected chi connectivity index (χ0v) is 8.02. The second kappa shape index (κ2) is 4.41. The summed E-state index contributed by atoms with van der Waals surface area (Å²) in [7, 11) is 0. The normalized spacial score (nSPS) is 11.1. The van der Waals surface area contributed by atoms with Crippen molar-refractivity contribution in [2.75, 3.05) is 0 Å². The number of phenols is 1. The SMILES string of the molecule is CC(=O)O/N=C(\C)c1ccccc1O. The molecule has 0 fully saturated rings. The zero-order valence-electron chi connectivity index (χ0n) is 8.02. The topological polar surface area (TPSA) is 58.9 Å². The summed E-state index contributed by atoms with van der Waals surface area (Å²) in [5.74, 6) is -0.374. The van der Waals surface area contributed by atoms with Crippen molar-refractivity contribution in [3.63, 3.8) is 0 Å². The first-order valence-electron chi connectivity index (χ1n) is 4.12. The standard InChI is InChI=1S/C10H11NO3/c1-7(11-14-8(2)12)9-5-3-4-6-10(9)13/h3-6,13H,1-2H3/b11-7+. The van der Waals surface area contributed by atoms with Gasteiger partial charge >= 0.3 is 5.97 Å². The van der Waals surface area contributed by atoms with E-state index in [1.165, 1.54) is 6.92 Å². The van der Waals surface area contributed by atoms with Gasteiger partial charge in [-0.15, -0.1) is 0 Å². The van der Waals surface area contributed by atoms with E-state index in [-0.39, 0.29) is 5.75 Å². The van der Waals surface area contributed by atoms with Crippen LogP contribution in [-0.2, 0) is 9.63 Å². The van der Waals surface area contributed by atoms with Crippen molar-refractivity contribution < 1.29 is 14.7 Å². The van der Waals surface area contributed by atoms with E-state index in [0.717, 1.165) is 0 Å². The van der Waals surface area contributed by atoms with Crippen LogP contribution in [0.3, 0.4) is 0 Å². The lowest BCUT2D eigenvalue weighted by atomic mass is 10.1. The summed E-state index contributed by atoms with van der Waals surface area (Å²) < 4.78 is 0. The Morgan fingerprint density at radius 3 is 2.57 bits per heavy atom. The molecule has 0 saturated heterocycles. The van der Waals surface area contributed by atoms with E-state index in [2.05, 4.69) is 9.99 Å². The highest BCUT2D eigenvalue weighted by Crippen LogP contribution is 2.16. The molecule has 0 bridgehead atoms. The van der Waals surface area contributed by atoms with E-state index in [1.54, 1.807) is 31.2 Å². The largest absolute Gasteiger partial charge is 0.507 e. The molecule has 1 N–H and O–H groups in total. The fraction of sp³-hybridized carbons (Fsp3) is 0.200. The van der Waals surface area contributed by atoms with E-state index in [1.807, 2.05) is 0 Å². The summed E-state index contributed by atoms with van der Waals surface area (Å²) in [5.41, 5.74) is 1.01. The molecule has 0 aliphatic carbocycles. The lowest BCUT2D eigenvalue weighted by Gasteiger charge is -2.01. The fourth-order valence-electron chi connectivity index (χ4n) is 0.962. The maximum absolute atomic E-state index is 10.5. The van der Waals surface area contributed by atoms with Crippen LogP contribution in [0.5, 0.6) is 5.75 Å². The Morgan fingerprint density at radius 1 is 1.36 bits per heavy atom. The van der Waals surface area contributed by atoms with E-state index in [9.17, 15) is 9.90 Å². The van der Waals surface area contributed by atoms with Crippen LogP contribution in [0.4, 0.5) is 0 Å². The number of oxime groups is 1. The molecule has 0 aliphatic rings. The smallest absolute Gasteiger partial charge is 0.331 e. The molecule has 4 nitrogen and oxygen atoms in total. The van der Waals surface area contributed by atoms with Gasteiger partial charge < -0.3 is 9.94 Å². The number of rotatable bonds is 2. The second-order valence-electron chi connectivity index (χ2n) is 2.78. The van der Waals surface area contributed by atoms with Crippen LogP contribution in [0.2, 0.25) is 0 Å². The summed E-state index contributed by atoms with van der Waals surface area (Å²) in [4.78, 5) is 14.9. The van der Waals surface area contributed by atoms with Crippen LogP contribution in [0.15, 0.2) is 29.4 Å². The highest BCUT2D eigenvalue weighted by atomic mass is 16.7. The third-order valence-electron chi connectivity index (χ3n) is 1.60. The molecule has 0 saturated carbocycles. The summed E-state index contributed by atoms with van der Waals surface area (Å²) in [6.07, 6.45) is 0. The molecule has 1 aromatic rings. The molecular formula is C10H11NO3. The fourth-order valence-corrected chi connectivity index (χ4v) is 0.962. The number of hydrogen-bond acceptors (Lipinski definition) is 4. The molecular weight excluding hydrogens is 182 g/mol. The third-order valence-corrected chi connectivity index (χ3v) is 1.60. The Hall–Kier alpha value is -1.84. The molecule has 0 radical (unpaired) electrons. The van der Waals surface area contributed by atoms with Gasteiger partial charge in [-0.05, 0) is 19.1 Å². The van der Waals surface area contributed by atoms with Crippen molar-refractivity contribution in [2.24, 2.45) is 5.16 Å². The van der Waals surface area contributed by atoms with E-state index in [4.69, 9.17) is 0 Å². The number of phenolic OH excluding ortho intramolecular Hbond substituents is 1. The first-order chi connectivity index (χ1) is 6.61. The van der Waals surface area contributed by atoms with Gasteiger partial charge in [0.05, 0.1) is 5.71 Å². The first kappa shape index (κ1) is 10.2. The van der Waals surface area contributed by atoms with E-state index >= 15 is 0 Å². The Morgan fingerprint density at radius 2 is 2.00 bits per heavy atom. The van der Waals surface area contributed by atoms with Crippen LogP contribution >= 0.6 is 0 Å². The summed E-state index contributed by atoms with van der Waals surface area (Å²) in [6, 6.07) is 6.71. The third kappa shape index (κ3) is 2.58. The van der Waals surface area contributed by atoms with Crippen molar-refractivity contribution in [1.29, 1.82) is 0 Å². The minimum atomic E-state index is -0.486. The van der Waals surface area contributed by atoms with Gasteiger partial charge in [0.1, 0.15) is 5.75 Å². The Kier molecular flexibility index (Phi) is 3.23. The zero-order chi connectivity index (χ0) is 10.6. The molecule has 14 heavy (non-hydrogen) atoms. The quantitative estimate of drug-likeness (QED) is 0.441.